The van der Waals surface area contributed by atoms with Crippen molar-refractivity contribution >= 4 is 23.2 Å². The van der Waals surface area contributed by atoms with E-state index in [0.717, 1.165) is 28.3 Å². The lowest BCUT2D eigenvalue weighted by Gasteiger charge is -2.16. The highest BCUT2D eigenvalue weighted by atomic mass is 35.5. The predicted molar refractivity (Wildman–Crippen MR) is 113 cm³/mol. The van der Waals surface area contributed by atoms with Gasteiger partial charge in [0.05, 0.1) is 0 Å². The molecule has 5 heteroatoms. The molecule has 28 heavy (non-hydrogen) atoms. The Morgan fingerprint density at radius 2 is 1.61 bits per heavy atom. The average molecular weight is 395 g/mol. The van der Waals surface area contributed by atoms with Crippen LogP contribution in [0.1, 0.15) is 29.2 Å². The third-order valence-corrected chi connectivity index (χ3v) is 5.07. The third-order valence-electron chi connectivity index (χ3n) is 4.47. The van der Waals surface area contributed by atoms with Crippen LogP contribution in [0.5, 0.6) is 5.75 Å². The number of hydrogen-bond acceptors (Lipinski definition) is 3. The van der Waals surface area contributed by atoms with Gasteiger partial charge in [-0.3, -0.25) is 9.78 Å². The summed E-state index contributed by atoms with van der Waals surface area (Å²) >= 11 is 6.18. The zero-order valence-electron chi connectivity index (χ0n) is 16.2. The van der Waals surface area contributed by atoms with Gasteiger partial charge in [0.1, 0.15) is 5.75 Å². The molecular weight excluding hydrogens is 372 g/mol. The van der Waals surface area contributed by atoms with E-state index in [1.807, 2.05) is 62.4 Å². The van der Waals surface area contributed by atoms with E-state index in [9.17, 15) is 4.79 Å². The van der Waals surface area contributed by atoms with E-state index in [-0.39, 0.29) is 5.91 Å². The highest BCUT2D eigenvalue weighted by Gasteiger charge is 2.16. The van der Waals surface area contributed by atoms with Gasteiger partial charge in [-0.25, -0.2) is 0 Å². The zero-order valence-corrected chi connectivity index (χ0v) is 17.0. The largest absolute Gasteiger partial charge is 0.481 e. The molecule has 0 aliphatic carbocycles. The second-order valence-corrected chi connectivity index (χ2v) is 7.23. The van der Waals surface area contributed by atoms with Crippen LogP contribution in [-0.4, -0.2) is 17.0 Å². The molecule has 1 N–H and O–H groups in total. The van der Waals surface area contributed by atoms with Crippen molar-refractivity contribution in [3.8, 4) is 5.75 Å². The number of carbonyl (C=O) groups excluding carboxylic acids is 1. The summed E-state index contributed by atoms with van der Waals surface area (Å²) in [6, 6.07) is 15.5. The first kappa shape index (κ1) is 19.9. The number of pyridine rings is 1. The summed E-state index contributed by atoms with van der Waals surface area (Å²) in [5.74, 6) is 0.432. The van der Waals surface area contributed by atoms with Crippen LogP contribution < -0.4 is 10.1 Å². The summed E-state index contributed by atoms with van der Waals surface area (Å²) in [6.07, 6.45) is 3.77. The number of carbonyl (C=O) groups is 1. The van der Waals surface area contributed by atoms with Crippen LogP contribution in [0.4, 0.5) is 5.69 Å². The molecule has 0 aliphatic rings. The molecule has 0 unspecified atom stereocenters. The van der Waals surface area contributed by atoms with Gasteiger partial charge in [-0.05, 0) is 85.8 Å². The van der Waals surface area contributed by atoms with Gasteiger partial charge < -0.3 is 10.1 Å². The van der Waals surface area contributed by atoms with Crippen LogP contribution in [0.15, 0.2) is 60.9 Å². The Balaban J connectivity index is 1.59. The van der Waals surface area contributed by atoms with Crippen molar-refractivity contribution in [1.82, 2.24) is 4.98 Å². The molecule has 144 valence electrons. The molecule has 1 atom stereocenters. The minimum absolute atomic E-state index is 0.202. The van der Waals surface area contributed by atoms with Gasteiger partial charge in [-0.1, -0.05) is 23.7 Å². The first-order chi connectivity index (χ1) is 13.4. The van der Waals surface area contributed by atoms with E-state index in [2.05, 4.69) is 10.3 Å². The summed E-state index contributed by atoms with van der Waals surface area (Å²) in [7, 11) is 0. The van der Waals surface area contributed by atoms with Crippen molar-refractivity contribution in [3.63, 3.8) is 0 Å². The van der Waals surface area contributed by atoms with Crippen LogP contribution in [0.3, 0.4) is 0 Å². The van der Waals surface area contributed by atoms with Gasteiger partial charge in [-0.15, -0.1) is 0 Å². The summed E-state index contributed by atoms with van der Waals surface area (Å²) in [5, 5.41) is 3.61. The molecule has 1 amide bonds. The van der Waals surface area contributed by atoms with E-state index in [1.54, 1.807) is 19.3 Å². The van der Waals surface area contributed by atoms with Crippen molar-refractivity contribution in [3.05, 3.63) is 88.2 Å². The molecule has 3 rings (SSSR count). The third kappa shape index (κ3) is 5.11. The number of aromatic nitrogens is 1. The van der Waals surface area contributed by atoms with Gasteiger partial charge in [0, 0.05) is 23.1 Å². The Hall–Kier alpha value is -2.85. The monoisotopic (exact) mass is 394 g/mol. The minimum atomic E-state index is -0.628. The highest BCUT2D eigenvalue weighted by Crippen LogP contribution is 2.26. The Kier molecular flexibility index (Phi) is 6.32. The molecule has 4 nitrogen and oxygen atoms in total. The van der Waals surface area contributed by atoms with E-state index in [0.29, 0.717) is 5.75 Å². The number of rotatable bonds is 6. The van der Waals surface area contributed by atoms with Gasteiger partial charge in [0.25, 0.3) is 5.91 Å². The van der Waals surface area contributed by atoms with E-state index >= 15 is 0 Å². The highest BCUT2D eigenvalue weighted by molar-refractivity contribution is 6.32. The first-order valence-electron chi connectivity index (χ1n) is 9.14. The Labute approximate surface area is 170 Å². The van der Waals surface area contributed by atoms with Crippen molar-refractivity contribution < 1.29 is 9.53 Å². The van der Waals surface area contributed by atoms with Gasteiger partial charge in [0.15, 0.2) is 6.10 Å². The topological polar surface area (TPSA) is 51.2 Å². The SMILES string of the molecule is Cc1cc(O[C@H](C)C(=O)Nc2ccc(Cc3ccncc3)cc2)cc(C)c1Cl. The second kappa shape index (κ2) is 8.89. The van der Waals surface area contributed by atoms with E-state index < -0.39 is 6.10 Å². The molecule has 1 heterocycles. The number of halogens is 1. The fraction of sp³-hybridized carbons (Fsp3) is 0.217. The number of amides is 1. The number of nitrogens with zero attached hydrogens (tertiary/aromatic N) is 1. The molecule has 0 bridgehead atoms. The lowest BCUT2D eigenvalue weighted by molar-refractivity contribution is -0.122. The number of benzene rings is 2. The molecule has 0 saturated carbocycles. The van der Waals surface area contributed by atoms with Crippen LogP contribution in [0, 0.1) is 13.8 Å². The maximum Gasteiger partial charge on any atom is 0.265 e. The minimum Gasteiger partial charge on any atom is -0.481 e. The number of anilines is 1. The van der Waals surface area contributed by atoms with Gasteiger partial charge in [-0.2, -0.15) is 0 Å². The normalized spacial score (nSPS) is 11.7. The molecule has 1 aromatic heterocycles. The predicted octanol–water partition coefficient (Wildman–Crippen LogP) is 5.35. The zero-order chi connectivity index (χ0) is 20.1. The summed E-state index contributed by atoms with van der Waals surface area (Å²) in [5.41, 5.74) is 4.95. The van der Waals surface area contributed by atoms with Crippen LogP contribution in [0.25, 0.3) is 0 Å². The molecule has 0 saturated heterocycles. The molecule has 0 spiro atoms. The van der Waals surface area contributed by atoms with Crippen molar-refractivity contribution in [2.75, 3.05) is 5.32 Å². The Bertz CT molecular complexity index is 933. The number of aryl methyl sites for hydroxylation is 2. The quantitative estimate of drug-likeness (QED) is 0.613. The number of nitrogens with one attached hydrogen (secondary N) is 1. The molecule has 0 radical (unpaired) electrons. The summed E-state index contributed by atoms with van der Waals surface area (Å²) in [4.78, 5) is 16.5. The van der Waals surface area contributed by atoms with Crippen LogP contribution in [0.2, 0.25) is 5.02 Å². The standard InChI is InChI=1S/C23H23ClN2O2/c1-15-12-21(13-16(2)22(15)24)28-17(3)23(27)26-20-6-4-18(5-7-20)14-19-8-10-25-11-9-19/h4-13,17H,14H2,1-3H3,(H,26,27)/t17-/m1/s1. The number of hydrogen-bond donors (Lipinski definition) is 1. The van der Waals surface area contributed by atoms with Crippen molar-refractivity contribution in [2.24, 2.45) is 0 Å². The van der Waals surface area contributed by atoms with Gasteiger partial charge >= 0.3 is 0 Å². The number of ether oxygens (including phenoxy) is 1. The maximum atomic E-state index is 12.5. The van der Waals surface area contributed by atoms with Gasteiger partial charge in [0.2, 0.25) is 0 Å². The first-order valence-corrected chi connectivity index (χ1v) is 9.52. The molecule has 2 aromatic carbocycles. The molecule has 3 aromatic rings. The Morgan fingerprint density at radius 1 is 1.04 bits per heavy atom. The lowest BCUT2D eigenvalue weighted by Crippen LogP contribution is -2.30. The summed E-state index contributed by atoms with van der Waals surface area (Å²) in [6.45, 7) is 5.56. The van der Waals surface area contributed by atoms with Crippen LogP contribution in [-0.2, 0) is 11.2 Å². The Morgan fingerprint density at radius 3 is 2.21 bits per heavy atom. The summed E-state index contributed by atoms with van der Waals surface area (Å²) < 4.78 is 5.79. The molecule has 0 fully saturated rings. The van der Waals surface area contributed by atoms with Crippen molar-refractivity contribution in [2.45, 2.75) is 33.3 Å². The second-order valence-electron chi connectivity index (χ2n) is 6.85. The van der Waals surface area contributed by atoms with E-state index in [1.165, 1.54) is 11.1 Å². The fourth-order valence-corrected chi connectivity index (χ4v) is 3.03. The lowest BCUT2D eigenvalue weighted by atomic mass is 10.1. The van der Waals surface area contributed by atoms with Crippen molar-refractivity contribution in [1.29, 1.82) is 0 Å². The van der Waals surface area contributed by atoms with Crippen LogP contribution >= 0.6 is 11.6 Å². The fourth-order valence-electron chi connectivity index (χ4n) is 2.92. The average Bonchev–Trinajstić information content (AvgIpc) is 2.68. The van der Waals surface area contributed by atoms with E-state index in [4.69, 9.17) is 16.3 Å². The smallest absolute Gasteiger partial charge is 0.265 e. The molecule has 0 aliphatic heterocycles. The maximum absolute atomic E-state index is 12.5. The molecular formula is C23H23ClN2O2.